The monoisotopic (exact) mass is 519 g/mol. The molecule has 3 aromatic rings. The Labute approximate surface area is 196 Å². The van der Waals surface area contributed by atoms with Crippen molar-refractivity contribution in [1.29, 1.82) is 0 Å². The SMILES string of the molecule is Cc1cc(C)c(Cc2csc(N3CCN(S(=O)(=O)c4cccc(Br)c4)CC3)n2)c(C)c1. The van der Waals surface area contributed by atoms with Crippen LogP contribution in [0, 0.1) is 20.8 Å². The molecule has 4 rings (SSSR count). The topological polar surface area (TPSA) is 53.5 Å². The third-order valence-corrected chi connectivity index (χ3v) is 9.02. The van der Waals surface area contributed by atoms with Gasteiger partial charge in [0.1, 0.15) is 0 Å². The molecule has 1 saturated heterocycles. The number of benzene rings is 2. The van der Waals surface area contributed by atoms with E-state index in [1.165, 1.54) is 22.3 Å². The fourth-order valence-electron chi connectivity index (χ4n) is 4.09. The Morgan fingerprint density at radius 3 is 2.35 bits per heavy atom. The largest absolute Gasteiger partial charge is 0.345 e. The smallest absolute Gasteiger partial charge is 0.243 e. The molecule has 0 aliphatic carbocycles. The summed E-state index contributed by atoms with van der Waals surface area (Å²) in [7, 11) is -3.48. The lowest BCUT2D eigenvalue weighted by Gasteiger charge is -2.33. The van der Waals surface area contributed by atoms with Gasteiger partial charge >= 0.3 is 0 Å². The van der Waals surface area contributed by atoms with E-state index in [9.17, 15) is 8.42 Å². The van der Waals surface area contributed by atoms with E-state index in [1.54, 1.807) is 33.8 Å². The highest BCUT2D eigenvalue weighted by molar-refractivity contribution is 9.10. The fraction of sp³-hybridized carbons (Fsp3) is 0.348. The fourth-order valence-corrected chi connectivity index (χ4v) is 6.99. The standard InChI is InChI=1S/C23H26BrN3O2S2/c1-16-11-17(2)22(18(3)12-16)14-20-15-30-23(25-20)26-7-9-27(10-8-26)31(28,29)21-6-4-5-19(24)13-21/h4-6,11-13,15H,7-10,14H2,1-3H3. The van der Waals surface area contributed by atoms with Crippen LogP contribution in [0.5, 0.6) is 0 Å². The molecule has 0 atom stereocenters. The van der Waals surface area contributed by atoms with E-state index < -0.39 is 10.0 Å². The number of aryl methyl sites for hydroxylation is 3. The number of thiazole rings is 1. The average Bonchev–Trinajstić information content (AvgIpc) is 3.19. The minimum Gasteiger partial charge on any atom is -0.345 e. The average molecular weight is 521 g/mol. The summed E-state index contributed by atoms with van der Waals surface area (Å²) in [5.74, 6) is 0. The summed E-state index contributed by atoms with van der Waals surface area (Å²) in [5, 5.41) is 3.09. The van der Waals surface area contributed by atoms with Gasteiger partial charge in [-0.2, -0.15) is 4.31 Å². The van der Waals surface area contributed by atoms with Crippen molar-refractivity contribution in [1.82, 2.24) is 9.29 Å². The van der Waals surface area contributed by atoms with Crippen molar-refractivity contribution in [3.05, 3.63) is 74.2 Å². The maximum Gasteiger partial charge on any atom is 0.243 e. The van der Waals surface area contributed by atoms with Gasteiger partial charge in [-0.25, -0.2) is 13.4 Å². The van der Waals surface area contributed by atoms with Crippen LogP contribution in [-0.4, -0.2) is 43.9 Å². The highest BCUT2D eigenvalue weighted by Crippen LogP contribution is 2.27. The normalized spacial score (nSPS) is 15.4. The second-order valence-electron chi connectivity index (χ2n) is 8.02. The van der Waals surface area contributed by atoms with Crippen molar-refractivity contribution in [2.45, 2.75) is 32.1 Å². The first kappa shape index (κ1) is 22.5. The van der Waals surface area contributed by atoms with E-state index in [0.29, 0.717) is 31.1 Å². The van der Waals surface area contributed by atoms with Gasteiger partial charge < -0.3 is 4.90 Å². The van der Waals surface area contributed by atoms with E-state index in [1.807, 2.05) is 6.07 Å². The first-order valence-corrected chi connectivity index (χ1v) is 13.4. The molecule has 0 spiro atoms. The first-order valence-electron chi connectivity index (χ1n) is 10.3. The van der Waals surface area contributed by atoms with Crippen LogP contribution in [0.15, 0.2) is 51.1 Å². The van der Waals surface area contributed by atoms with Crippen LogP contribution in [0.25, 0.3) is 0 Å². The molecule has 1 aliphatic rings. The Hall–Kier alpha value is -1.74. The molecule has 2 heterocycles. The third kappa shape index (κ3) is 4.87. The zero-order valence-corrected chi connectivity index (χ0v) is 21.1. The summed E-state index contributed by atoms with van der Waals surface area (Å²) >= 11 is 5.00. The molecule has 0 unspecified atom stereocenters. The van der Waals surface area contributed by atoms with E-state index in [0.717, 1.165) is 21.7 Å². The predicted molar refractivity (Wildman–Crippen MR) is 131 cm³/mol. The number of anilines is 1. The Bertz CT molecular complexity index is 1180. The zero-order chi connectivity index (χ0) is 22.2. The van der Waals surface area contributed by atoms with Gasteiger partial charge in [0, 0.05) is 42.5 Å². The van der Waals surface area contributed by atoms with Crippen molar-refractivity contribution < 1.29 is 8.42 Å². The van der Waals surface area contributed by atoms with E-state index in [2.05, 4.69) is 59.1 Å². The summed E-state index contributed by atoms with van der Waals surface area (Å²) in [6.07, 6.45) is 0.825. The lowest BCUT2D eigenvalue weighted by molar-refractivity contribution is 0.384. The summed E-state index contributed by atoms with van der Waals surface area (Å²) in [6, 6.07) is 11.3. The molecular weight excluding hydrogens is 494 g/mol. The second kappa shape index (κ2) is 9.02. The summed E-state index contributed by atoms with van der Waals surface area (Å²) in [6.45, 7) is 8.65. The van der Waals surface area contributed by atoms with Crippen molar-refractivity contribution >= 4 is 42.4 Å². The number of rotatable bonds is 5. The minimum atomic E-state index is -3.48. The Kier molecular flexibility index (Phi) is 6.53. The van der Waals surface area contributed by atoms with Crippen molar-refractivity contribution in [3.8, 4) is 0 Å². The lowest BCUT2D eigenvalue weighted by atomic mass is 9.96. The van der Waals surface area contributed by atoms with Gasteiger partial charge in [0.15, 0.2) is 5.13 Å². The van der Waals surface area contributed by atoms with Gasteiger partial charge in [-0.05, 0) is 55.7 Å². The number of aromatic nitrogens is 1. The van der Waals surface area contributed by atoms with E-state index in [4.69, 9.17) is 4.98 Å². The molecule has 1 aliphatic heterocycles. The molecule has 0 N–H and O–H groups in total. The summed E-state index contributed by atoms with van der Waals surface area (Å²) in [5.41, 5.74) is 6.30. The van der Waals surface area contributed by atoms with Crippen molar-refractivity contribution in [2.24, 2.45) is 0 Å². The van der Waals surface area contributed by atoms with Crippen molar-refractivity contribution in [2.75, 3.05) is 31.1 Å². The van der Waals surface area contributed by atoms with E-state index in [-0.39, 0.29) is 0 Å². The molecule has 1 fully saturated rings. The van der Waals surface area contributed by atoms with Crippen LogP contribution in [0.4, 0.5) is 5.13 Å². The molecule has 2 aromatic carbocycles. The quantitative estimate of drug-likeness (QED) is 0.479. The van der Waals surface area contributed by atoms with Crippen molar-refractivity contribution in [3.63, 3.8) is 0 Å². The number of hydrogen-bond donors (Lipinski definition) is 0. The summed E-state index contributed by atoms with van der Waals surface area (Å²) < 4.78 is 28.2. The highest BCUT2D eigenvalue weighted by atomic mass is 79.9. The molecule has 5 nitrogen and oxygen atoms in total. The second-order valence-corrected chi connectivity index (χ2v) is 11.7. The molecule has 164 valence electrons. The molecule has 0 bridgehead atoms. The first-order chi connectivity index (χ1) is 14.7. The van der Waals surface area contributed by atoms with Gasteiger partial charge in [0.05, 0.1) is 10.6 Å². The third-order valence-electron chi connectivity index (χ3n) is 5.68. The van der Waals surface area contributed by atoms with Gasteiger partial charge in [-0.3, -0.25) is 0 Å². The summed E-state index contributed by atoms with van der Waals surface area (Å²) in [4.78, 5) is 7.38. The minimum absolute atomic E-state index is 0.329. The number of hydrogen-bond acceptors (Lipinski definition) is 5. The maximum absolute atomic E-state index is 13.0. The van der Waals surface area contributed by atoms with Crippen LogP contribution >= 0.6 is 27.3 Å². The predicted octanol–water partition coefficient (Wildman–Crippen LogP) is 4.93. The molecule has 0 amide bonds. The van der Waals surface area contributed by atoms with Gasteiger partial charge in [0.25, 0.3) is 0 Å². The zero-order valence-electron chi connectivity index (χ0n) is 17.9. The Morgan fingerprint density at radius 1 is 1.03 bits per heavy atom. The van der Waals surface area contributed by atoms with Crippen LogP contribution in [0.1, 0.15) is 27.9 Å². The Morgan fingerprint density at radius 2 is 1.71 bits per heavy atom. The number of piperazine rings is 1. The van der Waals surface area contributed by atoms with E-state index >= 15 is 0 Å². The Balaban J connectivity index is 1.43. The maximum atomic E-state index is 13.0. The number of halogens is 1. The molecule has 0 radical (unpaired) electrons. The van der Waals surface area contributed by atoms with Gasteiger partial charge in [-0.1, -0.05) is 39.7 Å². The van der Waals surface area contributed by atoms with Crippen LogP contribution < -0.4 is 4.90 Å². The van der Waals surface area contributed by atoms with Crippen LogP contribution in [-0.2, 0) is 16.4 Å². The van der Waals surface area contributed by atoms with Gasteiger partial charge in [0.2, 0.25) is 10.0 Å². The van der Waals surface area contributed by atoms with Crippen LogP contribution in [0.3, 0.4) is 0 Å². The molecule has 1 aromatic heterocycles. The number of nitrogens with zero attached hydrogens (tertiary/aromatic N) is 3. The van der Waals surface area contributed by atoms with Crippen LogP contribution in [0.2, 0.25) is 0 Å². The number of sulfonamides is 1. The molecular formula is C23H26BrN3O2S2. The van der Waals surface area contributed by atoms with Gasteiger partial charge in [-0.15, -0.1) is 11.3 Å². The lowest BCUT2D eigenvalue weighted by Crippen LogP contribution is -2.48. The molecule has 0 saturated carbocycles. The molecule has 8 heteroatoms. The molecule has 31 heavy (non-hydrogen) atoms. The highest BCUT2D eigenvalue weighted by Gasteiger charge is 2.29.